The number of carboxylic acids is 1. The lowest BCUT2D eigenvalue weighted by atomic mass is 10.0. The van der Waals surface area contributed by atoms with Crippen molar-refractivity contribution < 1.29 is 30.3 Å². The quantitative estimate of drug-likeness (QED) is 0.363. The highest BCUT2D eigenvalue weighted by Gasteiger charge is 2.45. The van der Waals surface area contributed by atoms with Gasteiger partial charge in [-0.25, -0.2) is 4.90 Å². The van der Waals surface area contributed by atoms with Crippen LogP contribution in [0.4, 0.5) is 5.69 Å². The number of fused-ring (bicyclic) bond motifs is 1. The standard InChI is InChI=1S/C18H27N3O6/c1-2-9(8-14(23)24)19-11-5-3-4-10-15(11)18(27)21(17(10)26)12-6-7-13(22)20-16(12)25/h3-5,9,12-13,16-20,22,25-27H,2,6-8H2,1H3,(H,23,24). The van der Waals surface area contributed by atoms with E-state index < -0.39 is 36.9 Å². The average molecular weight is 381 g/mol. The third-order valence-electron chi connectivity index (χ3n) is 5.36. The first-order valence-corrected chi connectivity index (χ1v) is 9.20. The number of hydrogen-bond donors (Lipinski definition) is 7. The van der Waals surface area contributed by atoms with Crippen LogP contribution >= 0.6 is 0 Å². The third kappa shape index (κ3) is 3.93. The molecule has 6 unspecified atom stereocenters. The van der Waals surface area contributed by atoms with Crippen molar-refractivity contribution in [3.8, 4) is 0 Å². The van der Waals surface area contributed by atoms with E-state index in [9.17, 15) is 25.2 Å². The number of nitrogens with zero attached hydrogens (tertiary/aromatic N) is 1. The molecule has 0 saturated carbocycles. The first kappa shape index (κ1) is 20.0. The van der Waals surface area contributed by atoms with Gasteiger partial charge in [-0.1, -0.05) is 19.1 Å². The van der Waals surface area contributed by atoms with Gasteiger partial charge in [0.1, 0.15) is 24.9 Å². The Morgan fingerprint density at radius 1 is 1.26 bits per heavy atom. The normalized spacial score (nSPS) is 32.1. The van der Waals surface area contributed by atoms with E-state index in [1.54, 1.807) is 18.2 Å². The van der Waals surface area contributed by atoms with Crippen molar-refractivity contribution in [3.63, 3.8) is 0 Å². The van der Waals surface area contributed by atoms with Crippen LogP contribution in [0.5, 0.6) is 0 Å². The fourth-order valence-corrected chi connectivity index (χ4v) is 3.95. The zero-order chi connectivity index (χ0) is 19.7. The van der Waals surface area contributed by atoms with Crippen LogP contribution < -0.4 is 10.6 Å². The van der Waals surface area contributed by atoms with Gasteiger partial charge in [-0.15, -0.1) is 0 Å². The van der Waals surface area contributed by atoms with Crippen molar-refractivity contribution in [2.45, 2.75) is 69.6 Å². The van der Waals surface area contributed by atoms with Gasteiger partial charge in [-0.05, 0) is 25.3 Å². The largest absolute Gasteiger partial charge is 0.481 e. The summed E-state index contributed by atoms with van der Waals surface area (Å²) >= 11 is 0. The molecular formula is C18H27N3O6. The molecule has 2 heterocycles. The maximum Gasteiger partial charge on any atom is 0.305 e. The Kier molecular flexibility index (Phi) is 5.99. The molecule has 0 amide bonds. The molecule has 1 aromatic carbocycles. The van der Waals surface area contributed by atoms with Crippen LogP contribution in [0.1, 0.15) is 56.2 Å². The first-order chi connectivity index (χ1) is 12.8. The second-order valence-electron chi connectivity index (χ2n) is 7.12. The van der Waals surface area contributed by atoms with Crippen molar-refractivity contribution in [2.24, 2.45) is 0 Å². The van der Waals surface area contributed by atoms with Crippen LogP contribution in [-0.4, -0.2) is 60.9 Å². The molecule has 0 bridgehead atoms. The summed E-state index contributed by atoms with van der Waals surface area (Å²) in [6.45, 7) is 1.87. The van der Waals surface area contributed by atoms with Crippen molar-refractivity contribution in [1.29, 1.82) is 0 Å². The Morgan fingerprint density at radius 2 is 2.00 bits per heavy atom. The van der Waals surface area contributed by atoms with Gasteiger partial charge in [0.15, 0.2) is 0 Å². The third-order valence-corrected chi connectivity index (χ3v) is 5.36. The highest BCUT2D eigenvalue weighted by atomic mass is 16.4. The van der Waals surface area contributed by atoms with Crippen molar-refractivity contribution in [3.05, 3.63) is 29.3 Å². The molecule has 6 atom stereocenters. The van der Waals surface area contributed by atoms with Crippen LogP contribution in [0.3, 0.4) is 0 Å². The molecule has 2 aliphatic heterocycles. The summed E-state index contributed by atoms with van der Waals surface area (Å²) in [5.74, 6) is -0.918. The van der Waals surface area contributed by atoms with Gasteiger partial charge in [0.2, 0.25) is 0 Å². The molecule has 7 N–H and O–H groups in total. The number of aliphatic carboxylic acids is 1. The van der Waals surface area contributed by atoms with Gasteiger partial charge in [-0.2, -0.15) is 0 Å². The molecule has 1 fully saturated rings. The number of carboxylic acid groups (broad SMARTS) is 1. The molecule has 9 heteroatoms. The van der Waals surface area contributed by atoms with Crippen molar-refractivity contribution >= 4 is 11.7 Å². The van der Waals surface area contributed by atoms with E-state index in [-0.39, 0.29) is 12.5 Å². The summed E-state index contributed by atoms with van der Waals surface area (Å²) in [7, 11) is 0. The molecular weight excluding hydrogens is 354 g/mol. The van der Waals surface area contributed by atoms with Crippen molar-refractivity contribution in [1.82, 2.24) is 10.2 Å². The summed E-state index contributed by atoms with van der Waals surface area (Å²) in [5, 5.41) is 56.3. The molecule has 2 aliphatic rings. The van der Waals surface area contributed by atoms with E-state index in [1.165, 1.54) is 4.90 Å². The number of hydrogen-bond acceptors (Lipinski definition) is 8. The zero-order valence-corrected chi connectivity index (χ0v) is 15.1. The molecule has 0 aliphatic carbocycles. The first-order valence-electron chi connectivity index (χ1n) is 9.20. The Morgan fingerprint density at radius 3 is 2.63 bits per heavy atom. The Bertz CT molecular complexity index is 687. The van der Waals surface area contributed by atoms with Crippen LogP contribution in [0, 0.1) is 0 Å². The molecule has 1 aromatic rings. The predicted octanol–water partition coefficient (Wildman–Crippen LogP) is 0.0380. The van der Waals surface area contributed by atoms with Gasteiger partial charge in [0.05, 0.1) is 12.5 Å². The van der Waals surface area contributed by atoms with Gasteiger partial charge < -0.3 is 30.8 Å². The minimum atomic E-state index is -1.17. The van der Waals surface area contributed by atoms with E-state index in [0.29, 0.717) is 36.1 Å². The molecule has 150 valence electrons. The Balaban J connectivity index is 1.86. The minimum absolute atomic E-state index is 0.0638. The van der Waals surface area contributed by atoms with E-state index in [0.717, 1.165) is 0 Å². The number of anilines is 1. The van der Waals surface area contributed by atoms with E-state index in [4.69, 9.17) is 5.11 Å². The number of aliphatic hydroxyl groups excluding tert-OH is 4. The van der Waals surface area contributed by atoms with Gasteiger partial charge in [-0.3, -0.25) is 10.1 Å². The lowest BCUT2D eigenvalue weighted by molar-refractivity contribution is -0.158. The summed E-state index contributed by atoms with van der Waals surface area (Å²) in [5.41, 5.74) is 1.55. The van der Waals surface area contributed by atoms with Crippen molar-refractivity contribution in [2.75, 3.05) is 5.32 Å². The molecule has 1 saturated heterocycles. The minimum Gasteiger partial charge on any atom is -0.481 e. The highest BCUT2D eigenvalue weighted by molar-refractivity contribution is 5.69. The number of carbonyl (C=O) groups is 1. The second kappa shape index (κ2) is 8.09. The summed E-state index contributed by atoms with van der Waals surface area (Å²) in [6.07, 6.45) is -2.90. The Labute approximate surface area is 157 Å². The lowest BCUT2D eigenvalue weighted by Gasteiger charge is -2.40. The van der Waals surface area contributed by atoms with Gasteiger partial charge >= 0.3 is 5.97 Å². The fourth-order valence-electron chi connectivity index (χ4n) is 3.95. The van der Waals surface area contributed by atoms with Crippen LogP contribution in [-0.2, 0) is 4.79 Å². The number of benzene rings is 1. The molecule has 9 nitrogen and oxygen atoms in total. The molecule has 0 radical (unpaired) electrons. The zero-order valence-electron chi connectivity index (χ0n) is 15.1. The maximum atomic E-state index is 11.0. The molecule has 0 spiro atoms. The fraction of sp³-hybridized carbons (Fsp3) is 0.611. The second-order valence-corrected chi connectivity index (χ2v) is 7.12. The van der Waals surface area contributed by atoms with E-state index in [1.807, 2.05) is 6.92 Å². The molecule has 0 aromatic heterocycles. The number of piperidine rings is 1. The molecule has 27 heavy (non-hydrogen) atoms. The maximum absolute atomic E-state index is 11.0. The topological polar surface area (TPSA) is 146 Å². The Hall–Kier alpha value is -1.75. The highest BCUT2D eigenvalue weighted by Crippen LogP contribution is 2.45. The summed E-state index contributed by atoms with van der Waals surface area (Å²) in [4.78, 5) is 12.5. The predicted molar refractivity (Wildman–Crippen MR) is 96.3 cm³/mol. The SMILES string of the molecule is CCC(CC(=O)O)Nc1cccc2c1C(O)N(C1CCC(O)NC1O)C2O. The van der Waals surface area contributed by atoms with Gasteiger partial charge in [0, 0.05) is 22.9 Å². The smallest absolute Gasteiger partial charge is 0.305 e. The van der Waals surface area contributed by atoms with E-state index >= 15 is 0 Å². The average Bonchev–Trinajstić information content (AvgIpc) is 2.86. The number of aliphatic hydroxyl groups is 4. The number of nitrogens with one attached hydrogen (secondary N) is 2. The summed E-state index contributed by atoms with van der Waals surface area (Å²) in [6, 6.07) is 4.27. The number of rotatable bonds is 6. The molecule has 3 rings (SSSR count). The van der Waals surface area contributed by atoms with E-state index in [2.05, 4.69) is 10.6 Å². The lowest BCUT2D eigenvalue weighted by Crippen LogP contribution is -2.57. The van der Waals surface area contributed by atoms with Gasteiger partial charge in [0.25, 0.3) is 0 Å². The van der Waals surface area contributed by atoms with Crippen LogP contribution in [0.25, 0.3) is 0 Å². The van der Waals surface area contributed by atoms with Crippen LogP contribution in [0.2, 0.25) is 0 Å². The summed E-state index contributed by atoms with van der Waals surface area (Å²) < 4.78 is 0. The van der Waals surface area contributed by atoms with Crippen LogP contribution in [0.15, 0.2) is 18.2 Å². The monoisotopic (exact) mass is 381 g/mol.